The van der Waals surface area contributed by atoms with Gasteiger partial charge in [0.2, 0.25) is 6.23 Å². The van der Waals surface area contributed by atoms with Crippen LogP contribution >= 0.6 is 0 Å². The van der Waals surface area contributed by atoms with Crippen LogP contribution in [0.1, 0.15) is 0 Å². The molecule has 1 unspecified atom stereocenters. The lowest BCUT2D eigenvalue weighted by Gasteiger charge is -2.15. The van der Waals surface area contributed by atoms with Crippen LogP contribution in [0, 0.1) is 0 Å². The van der Waals surface area contributed by atoms with Crippen molar-refractivity contribution in [3.05, 3.63) is 34.7 Å². The summed E-state index contributed by atoms with van der Waals surface area (Å²) in [5.74, 6) is -1.12. The average Bonchev–Trinajstić information content (AvgIpc) is 2.70. The van der Waals surface area contributed by atoms with Crippen molar-refractivity contribution in [2.75, 3.05) is 11.6 Å². The Balaban J connectivity index is 2.20. The second-order valence-corrected chi connectivity index (χ2v) is 3.66. The number of nitrogens with zero attached hydrogens (tertiary/aromatic N) is 4. The van der Waals surface area contributed by atoms with Crippen molar-refractivity contribution in [1.29, 1.82) is 0 Å². The van der Waals surface area contributed by atoms with Gasteiger partial charge in [0.05, 0.1) is 0 Å². The molecule has 2 rings (SSSR count). The summed E-state index contributed by atoms with van der Waals surface area (Å²) >= 11 is 0. The molecule has 1 aromatic carbocycles. The van der Waals surface area contributed by atoms with Gasteiger partial charge in [0.25, 0.3) is 5.91 Å². The molecule has 0 N–H and O–H groups in total. The van der Waals surface area contributed by atoms with Crippen molar-refractivity contribution in [2.24, 2.45) is 5.11 Å². The van der Waals surface area contributed by atoms with Crippen LogP contribution in [-0.4, -0.2) is 25.2 Å². The SMILES string of the molecule is [N-]=[N+]=NC1OCN(c2cccc(OC(F)(F)F)c2)C1=O. The van der Waals surface area contributed by atoms with Gasteiger partial charge in [-0.3, -0.25) is 9.69 Å². The molecule has 20 heavy (non-hydrogen) atoms. The van der Waals surface area contributed by atoms with E-state index in [1.54, 1.807) is 0 Å². The van der Waals surface area contributed by atoms with Gasteiger partial charge >= 0.3 is 6.36 Å². The van der Waals surface area contributed by atoms with Crippen LogP contribution in [0.2, 0.25) is 0 Å². The van der Waals surface area contributed by atoms with Gasteiger partial charge in [0.15, 0.2) is 0 Å². The van der Waals surface area contributed by atoms with E-state index in [9.17, 15) is 18.0 Å². The zero-order valence-corrected chi connectivity index (χ0v) is 9.74. The molecule has 7 nitrogen and oxygen atoms in total. The first-order valence-corrected chi connectivity index (χ1v) is 5.24. The monoisotopic (exact) mass is 288 g/mol. The van der Waals surface area contributed by atoms with E-state index in [2.05, 4.69) is 14.8 Å². The fraction of sp³-hybridized carbons (Fsp3) is 0.300. The minimum absolute atomic E-state index is 0.146. The third-order valence-corrected chi connectivity index (χ3v) is 2.36. The van der Waals surface area contributed by atoms with Crippen LogP contribution in [-0.2, 0) is 9.53 Å². The van der Waals surface area contributed by atoms with Crippen molar-refractivity contribution in [3.63, 3.8) is 0 Å². The molecule has 0 aromatic heterocycles. The highest BCUT2D eigenvalue weighted by Gasteiger charge is 2.34. The molecule has 1 heterocycles. The van der Waals surface area contributed by atoms with Gasteiger partial charge < -0.3 is 9.47 Å². The van der Waals surface area contributed by atoms with Gasteiger partial charge in [-0.1, -0.05) is 11.2 Å². The summed E-state index contributed by atoms with van der Waals surface area (Å²) in [5.41, 5.74) is 8.38. The number of benzene rings is 1. The Morgan fingerprint density at radius 3 is 2.90 bits per heavy atom. The summed E-state index contributed by atoms with van der Waals surface area (Å²) in [5, 5.41) is 3.12. The number of hydrogen-bond acceptors (Lipinski definition) is 4. The van der Waals surface area contributed by atoms with Gasteiger partial charge in [0.1, 0.15) is 12.5 Å². The molecule has 1 fully saturated rings. The Morgan fingerprint density at radius 2 is 2.25 bits per heavy atom. The largest absolute Gasteiger partial charge is 0.573 e. The van der Waals surface area contributed by atoms with Crippen molar-refractivity contribution >= 4 is 11.6 Å². The lowest BCUT2D eigenvalue weighted by molar-refractivity contribution is -0.274. The number of azide groups is 1. The maximum absolute atomic E-state index is 12.1. The molecular formula is C10H7F3N4O3. The molecule has 0 bridgehead atoms. The molecule has 0 radical (unpaired) electrons. The summed E-state index contributed by atoms with van der Waals surface area (Å²) in [4.78, 5) is 15.3. The summed E-state index contributed by atoms with van der Waals surface area (Å²) in [6, 6.07) is 4.84. The molecule has 1 saturated heterocycles. The smallest absolute Gasteiger partial charge is 0.406 e. The standard InChI is InChI=1S/C10H7F3N4O3/c11-10(12,13)20-7-3-1-2-6(4-7)17-5-19-8(9(17)18)15-16-14/h1-4,8H,5H2. The maximum atomic E-state index is 12.1. The molecule has 1 amide bonds. The lowest BCUT2D eigenvalue weighted by Crippen LogP contribution is -2.28. The number of carbonyl (C=O) groups is 1. The number of alkyl halides is 3. The Labute approximate surface area is 110 Å². The lowest BCUT2D eigenvalue weighted by atomic mass is 10.2. The second kappa shape index (κ2) is 5.27. The zero-order chi connectivity index (χ0) is 14.8. The molecule has 1 aliphatic rings. The first-order valence-electron chi connectivity index (χ1n) is 5.24. The van der Waals surface area contributed by atoms with Crippen LogP contribution in [0.3, 0.4) is 0 Å². The first-order chi connectivity index (χ1) is 9.40. The maximum Gasteiger partial charge on any atom is 0.573 e. The van der Waals surface area contributed by atoms with Crippen molar-refractivity contribution in [3.8, 4) is 5.75 Å². The fourth-order valence-corrected chi connectivity index (χ4v) is 1.59. The van der Waals surface area contributed by atoms with Gasteiger partial charge in [-0.25, -0.2) is 0 Å². The minimum Gasteiger partial charge on any atom is -0.406 e. The van der Waals surface area contributed by atoms with Gasteiger partial charge in [-0.05, 0) is 17.7 Å². The minimum atomic E-state index is -4.82. The summed E-state index contributed by atoms with van der Waals surface area (Å²) in [7, 11) is 0. The van der Waals surface area contributed by atoms with E-state index in [0.717, 1.165) is 17.0 Å². The number of anilines is 1. The van der Waals surface area contributed by atoms with Crippen molar-refractivity contribution in [1.82, 2.24) is 0 Å². The van der Waals surface area contributed by atoms with Gasteiger partial charge in [0, 0.05) is 16.7 Å². The van der Waals surface area contributed by atoms with Crippen molar-refractivity contribution < 1.29 is 27.4 Å². The molecule has 1 aliphatic heterocycles. The Hall–Kier alpha value is -2.45. The number of ether oxygens (including phenoxy) is 2. The van der Waals surface area contributed by atoms with Crippen LogP contribution in [0.5, 0.6) is 5.75 Å². The average molecular weight is 288 g/mol. The van der Waals surface area contributed by atoms with Gasteiger partial charge in [-0.2, -0.15) is 0 Å². The quantitative estimate of drug-likeness (QED) is 0.486. The third kappa shape index (κ3) is 3.11. The topological polar surface area (TPSA) is 87.5 Å². The predicted molar refractivity (Wildman–Crippen MR) is 59.5 cm³/mol. The molecule has 1 atom stereocenters. The molecular weight excluding hydrogens is 281 g/mol. The Bertz CT molecular complexity index is 571. The van der Waals surface area contributed by atoms with Crippen LogP contribution in [0.25, 0.3) is 10.4 Å². The van der Waals surface area contributed by atoms with Crippen molar-refractivity contribution in [2.45, 2.75) is 12.6 Å². The highest BCUT2D eigenvalue weighted by molar-refractivity contribution is 5.97. The highest BCUT2D eigenvalue weighted by atomic mass is 19.4. The van der Waals surface area contributed by atoms with E-state index in [-0.39, 0.29) is 12.4 Å². The molecule has 0 aliphatic carbocycles. The third-order valence-electron chi connectivity index (χ3n) is 2.36. The van der Waals surface area contributed by atoms with Crippen LogP contribution < -0.4 is 9.64 Å². The van der Waals surface area contributed by atoms with Crippen LogP contribution in [0.15, 0.2) is 29.4 Å². The number of hydrogen-bond donors (Lipinski definition) is 0. The Morgan fingerprint density at radius 1 is 1.50 bits per heavy atom. The predicted octanol–water partition coefficient (Wildman–Crippen LogP) is 2.54. The summed E-state index contributed by atoms with van der Waals surface area (Å²) in [6.07, 6.45) is -6.13. The zero-order valence-electron chi connectivity index (χ0n) is 9.74. The molecule has 0 spiro atoms. The number of halogens is 3. The molecule has 1 aromatic rings. The van der Waals surface area contributed by atoms with E-state index >= 15 is 0 Å². The Kier molecular flexibility index (Phi) is 3.68. The highest BCUT2D eigenvalue weighted by Crippen LogP contribution is 2.28. The van der Waals surface area contributed by atoms with Gasteiger partial charge in [-0.15, -0.1) is 13.2 Å². The second-order valence-electron chi connectivity index (χ2n) is 3.66. The molecule has 10 heteroatoms. The van der Waals surface area contributed by atoms with E-state index in [1.165, 1.54) is 12.1 Å². The first kappa shape index (κ1) is 14.0. The molecule has 0 saturated carbocycles. The normalized spacial score (nSPS) is 18.9. The van der Waals surface area contributed by atoms with E-state index in [1.807, 2.05) is 0 Å². The summed E-state index contributed by atoms with van der Waals surface area (Å²) in [6.45, 7) is -0.224. The van der Waals surface area contributed by atoms with Crippen LogP contribution in [0.4, 0.5) is 18.9 Å². The van der Waals surface area contributed by atoms with E-state index < -0.39 is 24.2 Å². The number of amides is 1. The summed E-state index contributed by atoms with van der Waals surface area (Å²) < 4.78 is 45.0. The number of carbonyl (C=O) groups excluding carboxylic acids is 1. The van der Waals surface area contributed by atoms with E-state index in [0.29, 0.717) is 0 Å². The molecule has 106 valence electrons. The number of rotatable bonds is 3. The van der Waals surface area contributed by atoms with E-state index in [4.69, 9.17) is 10.3 Å². The fourth-order valence-electron chi connectivity index (χ4n) is 1.59.